The van der Waals surface area contributed by atoms with E-state index in [1.54, 1.807) is 7.11 Å². The van der Waals surface area contributed by atoms with Crippen LogP contribution in [0.1, 0.15) is 52.4 Å². The highest BCUT2D eigenvalue weighted by atomic mass is 16.5. The molecule has 0 aromatic rings. The summed E-state index contributed by atoms with van der Waals surface area (Å²) in [5.41, 5.74) is 0. The Morgan fingerprint density at radius 1 is 1.00 bits per heavy atom. The lowest BCUT2D eigenvalue weighted by Gasteiger charge is -2.16. The van der Waals surface area contributed by atoms with Gasteiger partial charge in [0.1, 0.15) is 0 Å². The Morgan fingerprint density at radius 3 is 2.47 bits per heavy atom. The molecule has 0 fully saturated rings. The highest BCUT2D eigenvalue weighted by Gasteiger charge is 2.03. The number of methoxy groups -OCH3 is 1. The molecule has 3 heteroatoms. The zero-order valence-corrected chi connectivity index (χ0v) is 12.0. The fourth-order valence-electron chi connectivity index (χ4n) is 1.78. The van der Waals surface area contributed by atoms with Gasteiger partial charge in [-0.3, -0.25) is 0 Å². The van der Waals surface area contributed by atoms with Gasteiger partial charge in [0.25, 0.3) is 0 Å². The third-order valence-electron chi connectivity index (χ3n) is 2.98. The first-order valence-corrected chi connectivity index (χ1v) is 7.15. The summed E-state index contributed by atoms with van der Waals surface area (Å²) in [6, 6.07) is 0.712. The summed E-state index contributed by atoms with van der Waals surface area (Å²) in [6.07, 6.45) is 7.54. The van der Waals surface area contributed by atoms with E-state index in [-0.39, 0.29) is 0 Å². The van der Waals surface area contributed by atoms with Crippen LogP contribution in [0.3, 0.4) is 0 Å². The highest BCUT2D eigenvalue weighted by Crippen LogP contribution is 2.04. The summed E-state index contributed by atoms with van der Waals surface area (Å²) in [7, 11) is 1.70. The van der Waals surface area contributed by atoms with Crippen molar-refractivity contribution in [1.29, 1.82) is 0 Å². The van der Waals surface area contributed by atoms with Gasteiger partial charge in [0, 0.05) is 19.8 Å². The lowest BCUT2D eigenvalue weighted by Crippen LogP contribution is -2.29. The maximum absolute atomic E-state index is 5.42. The van der Waals surface area contributed by atoms with Crippen molar-refractivity contribution in [1.82, 2.24) is 5.32 Å². The summed E-state index contributed by atoms with van der Waals surface area (Å²) in [5.74, 6) is 0. The monoisotopic (exact) mass is 245 g/mol. The summed E-state index contributed by atoms with van der Waals surface area (Å²) < 4.78 is 10.3. The fraction of sp³-hybridized carbons (Fsp3) is 1.00. The Hall–Kier alpha value is -0.120. The van der Waals surface area contributed by atoms with Crippen molar-refractivity contribution in [2.75, 3.05) is 33.5 Å². The Labute approximate surface area is 107 Å². The van der Waals surface area contributed by atoms with Gasteiger partial charge in [0.05, 0.1) is 13.2 Å². The first kappa shape index (κ1) is 16.9. The third-order valence-corrected chi connectivity index (χ3v) is 2.98. The predicted octanol–water partition coefficient (Wildman–Crippen LogP) is 2.99. The van der Waals surface area contributed by atoms with Crippen molar-refractivity contribution in [3.8, 4) is 0 Å². The minimum atomic E-state index is 0.702. The van der Waals surface area contributed by atoms with Gasteiger partial charge in [-0.15, -0.1) is 0 Å². The van der Waals surface area contributed by atoms with E-state index in [4.69, 9.17) is 9.47 Å². The van der Waals surface area contributed by atoms with E-state index >= 15 is 0 Å². The van der Waals surface area contributed by atoms with Crippen LogP contribution < -0.4 is 5.32 Å². The number of unbranched alkanes of at least 4 members (excludes halogenated alkanes) is 2. The van der Waals surface area contributed by atoms with Gasteiger partial charge in [-0.25, -0.2) is 0 Å². The SMILES string of the molecule is CCCCC(CC)NCCCCOCCOC. The standard InChI is InChI=1S/C14H31NO2/c1-4-6-9-14(5-2)15-10-7-8-11-17-13-12-16-3/h14-15H,4-13H2,1-3H3. The fourth-order valence-corrected chi connectivity index (χ4v) is 1.78. The molecule has 0 aromatic heterocycles. The minimum Gasteiger partial charge on any atom is -0.382 e. The molecule has 1 N–H and O–H groups in total. The van der Waals surface area contributed by atoms with Crippen LogP contribution in [-0.2, 0) is 9.47 Å². The Bertz CT molecular complexity index is 142. The first-order valence-electron chi connectivity index (χ1n) is 7.15. The molecule has 0 aromatic carbocycles. The van der Waals surface area contributed by atoms with Gasteiger partial charge >= 0.3 is 0 Å². The van der Waals surface area contributed by atoms with Crippen molar-refractivity contribution in [3.63, 3.8) is 0 Å². The lowest BCUT2D eigenvalue weighted by atomic mass is 10.1. The Balaban J connectivity index is 3.19. The van der Waals surface area contributed by atoms with E-state index in [2.05, 4.69) is 19.2 Å². The quantitative estimate of drug-likeness (QED) is 0.506. The zero-order chi connectivity index (χ0) is 12.8. The van der Waals surface area contributed by atoms with E-state index < -0.39 is 0 Å². The van der Waals surface area contributed by atoms with Crippen LogP contribution >= 0.6 is 0 Å². The molecule has 0 amide bonds. The van der Waals surface area contributed by atoms with Crippen LogP contribution in [0.15, 0.2) is 0 Å². The van der Waals surface area contributed by atoms with Crippen LogP contribution in [0, 0.1) is 0 Å². The van der Waals surface area contributed by atoms with E-state index in [0.29, 0.717) is 12.6 Å². The molecule has 0 heterocycles. The molecule has 0 saturated heterocycles. The third kappa shape index (κ3) is 12.1. The maximum atomic E-state index is 5.42. The second-order valence-corrected chi connectivity index (χ2v) is 4.51. The van der Waals surface area contributed by atoms with Crippen molar-refractivity contribution in [2.24, 2.45) is 0 Å². The minimum absolute atomic E-state index is 0.702. The lowest BCUT2D eigenvalue weighted by molar-refractivity contribution is 0.0687. The van der Waals surface area contributed by atoms with Gasteiger partial charge in [0.2, 0.25) is 0 Å². The zero-order valence-electron chi connectivity index (χ0n) is 12.0. The molecule has 0 bridgehead atoms. The van der Waals surface area contributed by atoms with Crippen LogP contribution in [0.4, 0.5) is 0 Å². The topological polar surface area (TPSA) is 30.5 Å². The maximum Gasteiger partial charge on any atom is 0.0700 e. The molecular formula is C14H31NO2. The summed E-state index contributed by atoms with van der Waals surface area (Å²) in [6.45, 7) is 7.92. The van der Waals surface area contributed by atoms with Crippen LogP contribution in [0.2, 0.25) is 0 Å². The summed E-state index contributed by atoms with van der Waals surface area (Å²) in [4.78, 5) is 0. The Kier molecular flexibility index (Phi) is 13.8. The first-order chi connectivity index (χ1) is 8.35. The van der Waals surface area contributed by atoms with Crippen molar-refractivity contribution < 1.29 is 9.47 Å². The van der Waals surface area contributed by atoms with E-state index in [0.717, 1.165) is 26.2 Å². The van der Waals surface area contributed by atoms with E-state index in [9.17, 15) is 0 Å². The van der Waals surface area contributed by atoms with Crippen molar-refractivity contribution >= 4 is 0 Å². The van der Waals surface area contributed by atoms with Crippen molar-refractivity contribution in [3.05, 3.63) is 0 Å². The second kappa shape index (κ2) is 13.9. The van der Waals surface area contributed by atoms with Gasteiger partial charge in [-0.05, 0) is 32.2 Å². The van der Waals surface area contributed by atoms with Crippen LogP contribution in [-0.4, -0.2) is 39.5 Å². The summed E-state index contributed by atoms with van der Waals surface area (Å²) >= 11 is 0. The predicted molar refractivity (Wildman–Crippen MR) is 73.5 cm³/mol. The number of ether oxygens (including phenoxy) is 2. The number of rotatable bonds is 13. The molecule has 1 unspecified atom stereocenters. The number of hydrogen-bond donors (Lipinski definition) is 1. The van der Waals surface area contributed by atoms with Crippen molar-refractivity contribution in [2.45, 2.75) is 58.4 Å². The highest BCUT2D eigenvalue weighted by molar-refractivity contribution is 4.64. The molecule has 1 atom stereocenters. The molecule has 104 valence electrons. The molecule has 0 aliphatic heterocycles. The molecule has 0 aliphatic rings. The molecule has 0 rings (SSSR count). The van der Waals surface area contributed by atoms with Gasteiger partial charge in [-0.2, -0.15) is 0 Å². The normalized spacial score (nSPS) is 12.9. The molecule has 0 saturated carbocycles. The number of hydrogen-bond acceptors (Lipinski definition) is 3. The largest absolute Gasteiger partial charge is 0.382 e. The van der Waals surface area contributed by atoms with E-state index in [1.807, 2.05) is 0 Å². The van der Waals surface area contributed by atoms with Gasteiger partial charge in [0.15, 0.2) is 0 Å². The second-order valence-electron chi connectivity index (χ2n) is 4.51. The molecule has 0 aliphatic carbocycles. The summed E-state index contributed by atoms with van der Waals surface area (Å²) in [5, 5.41) is 3.63. The molecular weight excluding hydrogens is 214 g/mol. The van der Waals surface area contributed by atoms with Gasteiger partial charge in [-0.1, -0.05) is 26.7 Å². The molecule has 0 spiro atoms. The van der Waals surface area contributed by atoms with Crippen LogP contribution in [0.25, 0.3) is 0 Å². The van der Waals surface area contributed by atoms with E-state index in [1.165, 1.54) is 32.1 Å². The Morgan fingerprint density at radius 2 is 1.82 bits per heavy atom. The smallest absolute Gasteiger partial charge is 0.0700 e. The molecule has 0 radical (unpaired) electrons. The average molecular weight is 245 g/mol. The molecule has 3 nitrogen and oxygen atoms in total. The average Bonchev–Trinajstić information content (AvgIpc) is 2.36. The van der Waals surface area contributed by atoms with Crippen LogP contribution in [0.5, 0.6) is 0 Å². The number of nitrogens with one attached hydrogen (secondary N) is 1. The van der Waals surface area contributed by atoms with Gasteiger partial charge < -0.3 is 14.8 Å². The molecule has 17 heavy (non-hydrogen) atoms.